The van der Waals surface area contributed by atoms with Crippen molar-refractivity contribution in [1.29, 1.82) is 0 Å². The average Bonchev–Trinajstić information content (AvgIpc) is 2.98. The molecule has 4 nitrogen and oxygen atoms in total. The Morgan fingerprint density at radius 3 is 2.78 bits per heavy atom. The Morgan fingerprint density at radius 1 is 1.30 bits per heavy atom. The first-order chi connectivity index (χ1) is 11.1. The quantitative estimate of drug-likeness (QED) is 0.858. The summed E-state index contributed by atoms with van der Waals surface area (Å²) in [6, 6.07) is 8.29. The zero-order valence-corrected chi connectivity index (χ0v) is 13.7. The lowest BCUT2D eigenvalue weighted by Crippen LogP contribution is -2.32. The fraction of sp³-hybridized carbons (Fsp3) is 0.579. The van der Waals surface area contributed by atoms with Gasteiger partial charge in [0, 0.05) is 43.6 Å². The average molecular weight is 312 g/mol. The molecule has 2 amide bonds. The molecule has 23 heavy (non-hydrogen) atoms. The van der Waals surface area contributed by atoms with Crippen molar-refractivity contribution in [2.75, 3.05) is 24.5 Å². The zero-order valence-electron chi connectivity index (χ0n) is 13.7. The first kappa shape index (κ1) is 14.7. The first-order valence-electron chi connectivity index (χ1n) is 8.83. The highest BCUT2D eigenvalue weighted by atomic mass is 16.2. The van der Waals surface area contributed by atoms with E-state index in [1.165, 1.54) is 5.56 Å². The van der Waals surface area contributed by atoms with E-state index in [1.54, 1.807) is 0 Å². The number of anilines is 1. The maximum absolute atomic E-state index is 12.7. The maximum Gasteiger partial charge on any atom is 0.230 e. The van der Waals surface area contributed by atoms with Crippen LogP contribution in [0.5, 0.6) is 0 Å². The monoisotopic (exact) mass is 312 g/mol. The van der Waals surface area contributed by atoms with Gasteiger partial charge in [-0.05, 0) is 36.8 Å². The van der Waals surface area contributed by atoms with Gasteiger partial charge >= 0.3 is 0 Å². The van der Waals surface area contributed by atoms with Crippen LogP contribution < -0.4 is 4.90 Å². The molecule has 3 aliphatic rings. The van der Waals surface area contributed by atoms with Gasteiger partial charge in [0.2, 0.25) is 11.8 Å². The van der Waals surface area contributed by atoms with Crippen LogP contribution in [0.3, 0.4) is 0 Å². The Labute approximate surface area is 137 Å². The number of rotatable bonds is 4. The Morgan fingerprint density at radius 2 is 2.09 bits per heavy atom. The van der Waals surface area contributed by atoms with Crippen molar-refractivity contribution in [2.24, 2.45) is 11.8 Å². The van der Waals surface area contributed by atoms with E-state index in [4.69, 9.17) is 0 Å². The van der Waals surface area contributed by atoms with E-state index in [0.717, 1.165) is 44.6 Å². The third-order valence-corrected chi connectivity index (χ3v) is 5.68. The molecule has 0 bridgehead atoms. The van der Waals surface area contributed by atoms with Crippen molar-refractivity contribution >= 4 is 17.5 Å². The second-order valence-corrected chi connectivity index (χ2v) is 7.30. The number of para-hydroxylation sites is 1. The third kappa shape index (κ3) is 2.64. The van der Waals surface area contributed by atoms with Crippen LogP contribution in [0.4, 0.5) is 5.69 Å². The van der Waals surface area contributed by atoms with Crippen molar-refractivity contribution < 1.29 is 9.59 Å². The highest BCUT2D eigenvalue weighted by Crippen LogP contribution is 2.44. The van der Waals surface area contributed by atoms with Crippen LogP contribution in [0, 0.1) is 11.8 Å². The van der Waals surface area contributed by atoms with E-state index >= 15 is 0 Å². The van der Waals surface area contributed by atoms with E-state index in [2.05, 4.69) is 25.1 Å². The molecule has 4 heteroatoms. The van der Waals surface area contributed by atoms with Crippen LogP contribution in [0.15, 0.2) is 24.3 Å². The Balaban J connectivity index is 1.48. The number of carbonyl (C=O) groups excluding carboxylic acids is 2. The summed E-state index contributed by atoms with van der Waals surface area (Å²) in [6.45, 7) is 4.65. The van der Waals surface area contributed by atoms with Crippen molar-refractivity contribution in [3.05, 3.63) is 29.8 Å². The Bertz CT molecular complexity index is 642. The van der Waals surface area contributed by atoms with Crippen LogP contribution in [0.2, 0.25) is 0 Å². The molecule has 1 saturated heterocycles. The molecule has 1 aromatic carbocycles. The number of hydrogen-bond donors (Lipinski definition) is 0. The molecule has 0 N–H and O–H groups in total. The van der Waals surface area contributed by atoms with Gasteiger partial charge < -0.3 is 9.80 Å². The van der Waals surface area contributed by atoms with Gasteiger partial charge in [0.15, 0.2) is 0 Å². The van der Waals surface area contributed by atoms with Gasteiger partial charge in [0.05, 0.1) is 0 Å². The number of amides is 2. The number of carbonyl (C=O) groups is 2. The third-order valence-electron chi connectivity index (χ3n) is 5.68. The second kappa shape index (κ2) is 5.66. The lowest BCUT2D eigenvalue weighted by molar-refractivity contribution is -0.127. The summed E-state index contributed by atoms with van der Waals surface area (Å²) in [7, 11) is 0. The minimum absolute atomic E-state index is 0.224. The van der Waals surface area contributed by atoms with E-state index in [0.29, 0.717) is 24.2 Å². The molecule has 122 valence electrons. The molecule has 1 aromatic rings. The molecule has 2 fully saturated rings. The van der Waals surface area contributed by atoms with Crippen molar-refractivity contribution in [3.63, 3.8) is 0 Å². The fourth-order valence-electron chi connectivity index (χ4n) is 4.07. The van der Waals surface area contributed by atoms with Crippen molar-refractivity contribution in [1.82, 2.24) is 4.90 Å². The molecule has 2 aliphatic heterocycles. The highest BCUT2D eigenvalue weighted by Gasteiger charge is 2.44. The first-order valence-corrected chi connectivity index (χ1v) is 8.83. The summed E-state index contributed by atoms with van der Waals surface area (Å²) in [6.07, 6.45) is 3.67. The highest BCUT2D eigenvalue weighted by molar-refractivity contribution is 5.98. The SMILES string of the molecule is CC1CC1C(=O)N1CC(CCN2CCCC2=O)c2ccccc21. The number of benzene rings is 1. The van der Waals surface area contributed by atoms with Gasteiger partial charge in [-0.15, -0.1) is 0 Å². The van der Waals surface area contributed by atoms with Gasteiger partial charge in [-0.1, -0.05) is 25.1 Å². The molecule has 0 radical (unpaired) electrons. The van der Waals surface area contributed by atoms with Crippen LogP contribution >= 0.6 is 0 Å². The molecule has 1 saturated carbocycles. The summed E-state index contributed by atoms with van der Waals surface area (Å²) in [5.41, 5.74) is 2.37. The van der Waals surface area contributed by atoms with Crippen LogP contribution in [0.1, 0.15) is 44.1 Å². The largest absolute Gasteiger partial charge is 0.343 e. The summed E-state index contributed by atoms with van der Waals surface area (Å²) in [5.74, 6) is 1.70. The number of fused-ring (bicyclic) bond motifs is 1. The molecule has 1 aliphatic carbocycles. The number of nitrogens with zero attached hydrogens (tertiary/aromatic N) is 2. The molecular weight excluding hydrogens is 288 g/mol. The zero-order chi connectivity index (χ0) is 16.0. The summed E-state index contributed by atoms with van der Waals surface area (Å²) in [4.78, 5) is 28.5. The molecule has 0 aromatic heterocycles. The topological polar surface area (TPSA) is 40.6 Å². The molecular formula is C19H24N2O2. The summed E-state index contributed by atoms with van der Waals surface area (Å²) >= 11 is 0. The maximum atomic E-state index is 12.7. The van der Waals surface area contributed by atoms with E-state index in [-0.39, 0.29) is 11.8 Å². The van der Waals surface area contributed by atoms with Gasteiger partial charge in [-0.25, -0.2) is 0 Å². The van der Waals surface area contributed by atoms with Crippen LogP contribution in [-0.4, -0.2) is 36.3 Å². The van der Waals surface area contributed by atoms with Crippen LogP contribution in [0.25, 0.3) is 0 Å². The molecule has 4 rings (SSSR count). The van der Waals surface area contributed by atoms with Crippen molar-refractivity contribution in [3.8, 4) is 0 Å². The summed E-state index contributed by atoms with van der Waals surface area (Å²) < 4.78 is 0. The number of likely N-dealkylation sites (tertiary alicyclic amines) is 1. The lowest BCUT2D eigenvalue weighted by Gasteiger charge is -2.20. The fourth-order valence-corrected chi connectivity index (χ4v) is 4.07. The molecule has 3 unspecified atom stereocenters. The molecule has 2 heterocycles. The minimum Gasteiger partial charge on any atom is -0.343 e. The summed E-state index contributed by atoms with van der Waals surface area (Å²) in [5, 5.41) is 0. The van der Waals surface area contributed by atoms with E-state index < -0.39 is 0 Å². The van der Waals surface area contributed by atoms with Crippen molar-refractivity contribution in [2.45, 2.75) is 38.5 Å². The number of hydrogen-bond acceptors (Lipinski definition) is 2. The molecule has 3 atom stereocenters. The van der Waals surface area contributed by atoms with Crippen LogP contribution in [-0.2, 0) is 9.59 Å². The molecule has 0 spiro atoms. The predicted octanol–water partition coefficient (Wildman–Crippen LogP) is 2.79. The normalized spacial score (nSPS) is 29.1. The smallest absolute Gasteiger partial charge is 0.230 e. The van der Waals surface area contributed by atoms with Gasteiger partial charge in [-0.3, -0.25) is 9.59 Å². The van der Waals surface area contributed by atoms with Gasteiger partial charge in [-0.2, -0.15) is 0 Å². The van der Waals surface area contributed by atoms with E-state index in [1.807, 2.05) is 15.9 Å². The van der Waals surface area contributed by atoms with E-state index in [9.17, 15) is 9.59 Å². The second-order valence-electron chi connectivity index (χ2n) is 7.30. The Hall–Kier alpha value is -1.84. The predicted molar refractivity (Wildman–Crippen MR) is 89.2 cm³/mol. The lowest BCUT2D eigenvalue weighted by atomic mass is 9.98. The van der Waals surface area contributed by atoms with Gasteiger partial charge in [0.1, 0.15) is 0 Å². The standard InChI is InChI=1S/C19H24N2O2/c1-13-11-16(13)19(23)21-12-14(15-5-2-3-6-17(15)21)8-10-20-9-4-7-18(20)22/h2-3,5-6,13-14,16H,4,7-12H2,1H3. The minimum atomic E-state index is 0.224. The van der Waals surface area contributed by atoms with Gasteiger partial charge in [0.25, 0.3) is 0 Å². The Kier molecular flexibility index (Phi) is 3.63.